The van der Waals surface area contributed by atoms with Crippen molar-refractivity contribution < 1.29 is 4.79 Å². The Morgan fingerprint density at radius 2 is 2.10 bits per heavy atom. The maximum absolute atomic E-state index is 12.4. The zero-order valence-corrected chi connectivity index (χ0v) is 12.7. The number of hydrogen-bond donors (Lipinski definition) is 1. The fourth-order valence-electron chi connectivity index (χ4n) is 2.78. The first-order valence-electron chi connectivity index (χ1n) is 7.19. The summed E-state index contributed by atoms with van der Waals surface area (Å²) in [6, 6.07) is 7.80. The van der Waals surface area contributed by atoms with E-state index >= 15 is 0 Å². The number of hydrogen-bond acceptors (Lipinski definition) is 2. The molecule has 0 saturated carbocycles. The largest absolute Gasteiger partial charge is 0.322 e. The number of amides is 1. The third kappa shape index (κ3) is 2.93. The van der Waals surface area contributed by atoms with Crippen LogP contribution in [0.2, 0.25) is 5.02 Å². The fourth-order valence-corrected chi connectivity index (χ4v) is 3.07. The number of anilines is 1. The molecule has 1 aliphatic carbocycles. The highest BCUT2D eigenvalue weighted by molar-refractivity contribution is 6.34. The van der Waals surface area contributed by atoms with Crippen molar-refractivity contribution in [2.75, 3.05) is 5.32 Å². The predicted molar refractivity (Wildman–Crippen MR) is 85.0 cm³/mol. The minimum Gasteiger partial charge on any atom is -0.322 e. The predicted octanol–water partition coefficient (Wildman–Crippen LogP) is 4.17. The summed E-state index contributed by atoms with van der Waals surface area (Å²) < 4.78 is 0. The lowest BCUT2D eigenvalue weighted by Gasteiger charge is -2.19. The first-order valence-corrected chi connectivity index (χ1v) is 7.57. The van der Waals surface area contributed by atoms with Gasteiger partial charge < -0.3 is 5.32 Å². The van der Waals surface area contributed by atoms with Gasteiger partial charge >= 0.3 is 0 Å². The summed E-state index contributed by atoms with van der Waals surface area (Å²) in [4.78, 5) is 16.5. The summed E-state index contributed by atoms with van der Waals surface area (Å²) in [7, 11) is 0. The molecular weight excluding hydrogens is 284 g/mol. The molecule has 0 saturated heterocycles. The van der Waals surface area contributed by atoms with Gasteiger partial charge in [0, 0.05) is 17.6 Å². The number of nitrogens with one attached hydrogen (secondary N) is 1. The Hall–Kier alpha value is -1.87. The number of benzene rings is 1. The van der Waals surface area contributed by atoms with Crippen LogP contribution in [0, 0.1) is 6.92 Å². The molecule has 3 nitrogen and oxygen atoms in total. The Labute approximate surface area is 129 Å². The second kappa shape index (κ2) is 5.86. The van der Waals surface area contributed by atoms with Crippen LogP contribution in [0.5, 0.6) is 0 Å². The van der Waals surface area contributed by atoms with Crippen LogP contribution < -0.4 is 5.32 Å². The normalized spacial score (nSPS) is 13.6. The van der Waals surface area contributed by atoms with Gasteiger partial charge in [0.1, 0.15) is 0 Å². The number of aromatic nitrogens is 1. The zero-order valence-electron chi connectivity index (χ0n) is 11.9. The Morgan fingerprint density at radius 1 is 1.29 bits per heavy atom. The van der Waals surface area contributed by atoms with Crippen molar-refractivity contribution in [1.82, 2.24) is 4.98 Å². The van der Waals surface area contributed by atoms with Crippen LogP contribution >= 0.6 is 11.6 Å². The summed E-state index contributed by atoms with van der Waals surface area (Å²) in [6.07, 6.45) is 6.03. The topological polar surface area (TPSA) is 42.0 Å². The highest BCUT2D eigenvalue weighted by atomic mass is 35.5. The van der Waals surface area contributed by atoms with Gasteiger partial charge in [0.2, 0.25) is 0 Å². The van der Waals surface area contributed by atoms with Gasteiger partial charge in [0.15, 0.2) is 0 Å². The standard InChI is InChI=1S/C17H17ClN2O/c1-11-9-15(18)14(10-19-11)17(21)20-16-8-4-6-12-5-2-3-7-13(12)16/h4,6,8-10H,2-3,5,7H2,1H3,(H,20,21). The van der Waals surface area contributed by atoms with Crippen molar-refractivity contribution in [3.05, 3.63) is 57.9 Å². The first-order chi connectivity index (χ1) is 10.1. The van der Waals surface area contributed by atoms with Crippen LogP contribution in [-0.4, -0.2) is 10.9 Å². The molecule has 21 heavy (non-hydrogen) atoms. The molecule has 0 aliphatic heterocycles. The van der Waals surface area contributed by atoms with Crippen molar-refractivity contribution in [3.8, 4) is 0 Å². The fraction of sp³-hybridized carbons (Fsp3) is 0.294. The molecule has 1 amide bonds. The number of carbonyl (C=O) groups is 1. The summed E-state index contributed by atoms with van der Waals surface area (Å²) >= 11 is 6.13. The second-order valence-electron chi connectivity index (χ2n) is 5.41. The molecule has 0 spiro atoms. The van der Waals surface area contributed by atoms with E-state index < -0.39 is 0 Å². The molecule has 0 unspecified atom stereocenters. The smallest absolute Gasteiger partial charge is 0.258 e. The van der Waals surface area contributed by atoms with Gasteiger partial charge in [-0.3, -0.25) is 9.78 Å². The van der Waals surface area contributed by atoms with E-state index in [1.165, 1.54) is 30.2 Å². The molecule has 1 aliphatic rings. The number of carbonyl (C=O) groups excluding carboxylic acids is 1. The Kier molecular flexibility index (Phi) is 3.93. The number of pyridine rings is 1. The number of nitrogens with zero attached hydrogens (tertiary/aromatic N) is 1. The lowest BCUT2D eigenvalue weighted by atomic mass is 9.90. The van der Waals surface area contributed by atoms with Crippen LogP contribution in [-0.2, 0) is 12.8 Å². The summed E-state index contributed by atoms with van der Waals surface area (Å²) in [6.45, 7) is 1.85. The Bertz CT molecular complexity index is 697. The lowest BCUT2D eigenvalue weighted by molar-refractivity contribution is 0.102. The quantitative estimate of drug-likeness (QED) is 0.904. The summed E-state index contributed by atoms with van der Waals surface area (Å²) in [5.41, 5.74) is 4.71. The van der Waals surface area contributed by atoms with Gasteiger partial charge in [-0.15, -0.1) is 0 Å². The number of aryl methyl sites for hydroxylation is 2. The molecule has 0 bridgehead atoms. The van der Waals surface area contributed by atoms with Crippen molar-refractivity contribution in [3.63, 3.8) is 0 Å². The van der Waals surface area contributed by atoms with E-state index in [1.54, 1.807) is 6.07 Å². The minimum atomic E-state index is -0.202. The van der Waals surface area contributed by atoms with E-state index in [-0.39, 0.29) is 5.91 Å². The average molecular weight is 301 g/mol. The van der Waals surface area contributed by atoms with Crippen molar-refractivity contribution in [2.45, 2.75) is 32.6 Å². The van der Waals surface area contributed by atoms with Gasteiger partial charge in [-0.25, -0.2) is 0 Å². The number of halogens is 1. The Morgan fingerprint density at radius 3 is 2.90 bits per heavy atom. The Balaban J connectivity index is 1.88. The molecule has 4 heteroatoms. The molecule has 3 rings (SSSR count). The van der Waals surface area contributed by atoms with E-state index in [0.29, 0.717) is 10.6 Å². The average Bonchev–Trinajstić information content (AvgIpc) is 2.47. The summed E-state index contributed by atoms with van der Waals surface area (Å²) in [5, 5.41) is 3.42. The van der Waals surface area contributed by atoms with E-state index in [0.717, 1.165) is 24.2 Å². The molecule has 1 aromatic heterocycles. The van der Waals surface area contributed by atoms with Crippen LogP contribution in [0.1, 0.15) is 40.0 Å². The molecular formula is C17H17ClN2O. The van der Waals surface area contributed by atoms with Gasteiger partial charge in [-0.2, -0.15) is 0 Å². The molecule has 1 N–H and O–H groups in total. The maximum atomic E-state index is 12.4. The van der Waals surface area contributed by atoms with Crippen LogP contribution in [0.15, 0.2) is 30.5 Å². The van der Waals surface area contributed by atoms with E-state index in [4.69, 9.17) is 11.6 Å². The van der Waals surface area contributed by atoms with Gasteiger partial charge in [-0.1, -0.05) is 23.7 Å². The highest BCUT2D eigenvalue weighted by Gasteiger charge is 2.16. The van der Waals surface area contributed by atoms with Crippen molar-refractivity contribution in [1.29, 1.82) is 0 Å². The molecule has 1 heterocycles. The van der Waals surface area contributed by atoms with Crippen LogP contribution in [0.4, 0.5) is 5.69 Å². The molecule has 0 atom stereocenters. The third-order valence-electron chi connectivity index (χ3n) is 3.88. The zero-order chi connectivity index (χ0) is 14.8. The summed E-state index contributed by atoms with van der Waals surface area (Å²) in [5.74, 6) is -0.202. The van der Waals surface area contributed by atoms with Crippen molar-refractivity contribution in [2.24, 2.45) is 0 Å². The van der Waals surface area contributed by atoms with Gasteiger partial charge in [-0.05, 0) is 55.9 Å². The van der Waals surface area contributed by atoms with Gasteiger partial charge in [0.05, 0.1) is 10.6 Å². The monoisotopic (exact) mass is 300 g/mol. The van der Waals surface area contributed by atoms with E-state index in [2.05, 4.69) is 16.4 Å². The number of fused-ring (bicyclic) bond motifs is 1. The van der Waals surface area contributed by atoms with Crippen molar-refractivity contribution >= 4 is 23.2 Å². The first kappa shape index (κ1) is 14.1. The molecule has 0 radical (unpaired) electrons. The molecule has 108 valence electrons. The third-order valence-corrected chi connectivity index (χ3v) is 4.19. The highest BCUT2D eigenvalue weighted by Crippen LogP contribution is 2.28. The SMILES string of the molecule is Cc1cc(Cl)c(C(=O)Nc2cccc3c2CCCC3)cn1. The lowest BCUT2D eigenvalue weighted by Crippen LogP contribution is -2.16. The molecule has 1 aromatic carbocycles. The number of rotatable bonds is 2. The second-order valence-corrected chi connectivity index (χ2v) is 5.82. The van der Waals surface area contributed by atoms with Gasteiger partial charge in [0.25, 0.3) is 5.91 Å². The maximum Gasteiger partial charge on any atom is 0.258 e. The minimum absolute atomic E-state index is 0.202. The molecule has 0 fully saturated rings. The van der Waals surface area contributed by atoms with Crippen LogP contribution in [0.25, 0.3) is 0 Å². The van der Waals surface area contributed by atoms with Crippen LogP contribution in [0.3, 0.4) is 0 Å². The molecule has 2 aromatic rings. The van der Waals surface area contributed by atoms with E-state index in [1.807, 2.05) is 19.1 Å². The van der Waals surface area contributed by atoms with E-state index in [9.17, 15) is 4.79 Å².